The Kier molecular flexibility index (Phi) is 1.80. The summed E-state index contributed by atoms with van der Waals surface area (Å²) in [4.78, 5) is 0. The van der Waals surface area contributed by atoms with Crippen LogP contribution in [-0.2, 0) is 0 Å². The average molecular weight is 212 g/mol. The summed E-state index contributed by atoms with van der Waals surface area (Å²) in [5.74, 6) is 0.322. The summed E-state index contributed by atoms with van der Waals surface area (Å²) in [5, 5.41) is 11.9. The lowest BCUT2D eigenvalue weighted by Gasteiger charge is -2.04. The Hall–Kier alpha value is -2.16. The fraction of sp³-hybridized carbons (Fsp3) is 0.0769. The number of benzene rings is 2. The van der Waals surface area contributed by atoms with E-state index in [0.29, 0.717) is 5.75 Å². The van der Waals surface area contributed by atoms with E-state index < -0.39 is 0 Å². The lowest BCUT2D eigenvalue weighted by molar-refractivity contribution is 0.482. The summed E-state index contributed by atoms with van der Waals surface area (Å²) in [6.07, 6.45) is 0. The fourth-order valence-corrected chi connectivity index (χ4v) is 2.24. The number of phenolic OH excluding ortho intramolecular Hbond substituents is 1. The summed E-state index contributed by atoms with van der Waals surface area (Å²) in [6, 6.07) is 13.6. The highest BCUT2D eigenvalue weighted by molar-refractivity contribution is 6.11. The van der Waals surface area contributed by atoms with Gasteiger partial charge in [-0.2, -0.15) is 0 Å². The molecule has 0 spiro atoms. The molecule has 2 aromatic carbocycles. The van der Waals surface area contributed by atoms with Crippen molar-refractivity contribution in [3.05, 3.63) is 42.5 Å². The molecule has 2 N–H and O–H groups in total. The Morgan fingerprint density at radius 2 is 1.75 bits per heavy atom. The van der Waals surface area contributed by atoms with Gasteiger partial charge >= 0.3 is 0 Å². The molecule has 0 amide bonds. The summed E-state index contributed by atoms with van der Waals surface area (Å²) >= 11 is 0. The first kappa shape index (κ1) is 9.09. The molecule has 16 heavy (non-hydrogen) atoms. The largest absolute Gasteiger partial charge is 0.507 e. The highest BCUT2D eigenvalue weighted by atomic mass is 16.3. The Bertz CT molecular complexity index is 670. The van der Waals surface area contributed by atoms with E-state index in [4.69, 9.17) is 0 Å². The summed E-state index contributed by atoms with van der Waals surface area (Å²) < 4.78 is 1.98. The Morgan fingerprint density at radius 3 is 2.56 bits per heavy atom. The minimum Gasteiger partial charge on any atom is -0.507 e. The third kappa shape index (κ3) is 1.03. The second-order valence-electron chi connectivity index (χ2n) is 3.75. The minimum absolute atomic E-state index is 0.322. The van der Waals surface area contributed by atoms with Crippen LogP contribution in [0.2, 0.25) is 0 Å². The topological polar surface area (TPSA) is 37.2 Å². The van der Waals surface area contributed by atoms with E-state index in [9.17, 15) is 5.11 Å². The fourth-order valence-electron chi connectivity index (χ4n) is 2.24. The van der Waals surface area contributed by atoms with Crippen LogP contribution in [-0.4, -0.2) is 16.8 Å². The first-order chi connectivity index (χ1) is 7.83. The van der Waals surface area contributed by atoms with E-state index >= 15 is 0 Å². The summed E-state index contributed by atoms with van der Waals surface area (Å²) in [7, 11) is 1.87. The molecule has 0 aliphatic heterocycles. The molecule has 0 atom stereocenters. The molecule has 0 fully saturated rings. The molecule has 0 aliphatic rings. The van der Waals surface area contributed by atoms with Crippen LogP contribution in [0, 0.1) is 0 Å². The monoisotopic (exact) mass is 212 g/mol. The van der Waals surface area contributed by atoms with Gasteiger partial charge in [0.05, 0.1) is 16.4 Å². The smallest absolute Gasteiger partial charge is 0.125 e. The predicted octanol–water partition coefficient (Wildman–Crippen LogP) is 2.67. The van der Waals surface area contributed by atoms with Crippen molar-refractivity contribution in [2.45, 2.75) is 0 Å². The van der Waals surface area contributed by atoms with Crippen LogP contribution in [0.15, 0.2) is 42.5 Å². The first-order valence-electron chi connectivity index (χ1n) is 5.22. The molecular weight excluding hydrogens is 200 g/mol. The van der Waals surface area contributed by atoms with E-state index in [1.807, 2.05) is 48.1 Å². The number of nitrogens with one attached hydrogen (secondary N) is 1. The highest BCUT2D eigenvalue weighted by Crippen LogP contribution is 2.33. The minimum atomic E-state index is 0.322. The molecule has 0 radical (unpaired) electrons. The van der Waals surface area contributed by atoms with Crippen molar-refractivity contribution in [2.24, 2.45) is 0 Å². The number of para-hydroxylation sites is 1. The SMILES string of the molecule is CNn1c2ccccc2c2c(O)cccc21. The lowest BCUT2D eigenvalue weighted by atomic mass is 10.1. The Morgan fingerprint density at radius 1 is 1.00 bits per heavy atom. The zero-order valence-electron chi connectivity index (χ0n) is 8.94. The maximum atomic E-state index is 9.94. The van der Waals surface area contributed by atoms with Gasteiger partial charge in [-0.05, 0) is 18.2 Å². The van der Waals surface area contributed by atoms with E-state index in [1.54, 1.807) is 6.07 Å². The van der Waals surface area contributed by atoms with Crippen LogP contribution in [0.3, 0.4) is 0 Å². The van der Waals surface area contributed by atoms with Crippen LogP contribution < -0.4 is 5.43 Å². The van der Waals surface area contributed by atoms with Crippen molar-refractivity contribution in [3.63, 3.8) is 0 Å². The van der Waals surface area contributed by atoms with Crippen LogP contribution in [0.25, 0.3) is 21.8 Å². The van der Waals surface area contributed by atoms with Gasteiger partial charge in [0, 0.05) is 12.4 Å². The van der Waals surface area contributed by atoms with E-state index in [1.165, 1.54) is 0 Å². The number of aromatic nitrogens is 1. The third-order valence-corrected chi connectivity index (χ3v) is 2.90. The van der Waals surface area contributed by atoms with Gasteiger partial charge in [-0.1, -0.05) is 24.3 Å². The van der Waals surface area contributed by atoms with Gasteiger partial charge in [-0.25, -0.2) is 0 Å². The van der Waals surface area contributed by atoms with Gasteiger partial charge in [-0.15, -0.1) is 0 Å². The van der Waals surface area contributed by atoms with Crippen LogP contribution in [0.5, 0.6) is 5.75 Å². The predicted molar refractivity (Wildman–Crippen MR) is 66.4 cm³/mol. The summed E-state index contributed by atoms with van der Waals surface area (Å²) in [5.41, 5.74) is 5.19. The molecule has 3 nitrogen and oxygen atoms in total. The highest BCUT2D eigenvalue weighted by Gasteiger charge is 2.11. The number of phenols is 1. The zero-order valence-corrected chi connectivity index (χ0v) is 8.94. The molecule has 1 heterocycles. The van der Waals surface area contributed by atoms with Gasteiger partial charge in [0.15, 0.2) is 0 Å². The van der Waals surface area contributed by atoms with Crippen molar-refractivity contribution in [1.82, 2.24) is 4.68 Å². The molecule has 0 aliphatic carbocycles. The second-order valence-corrected chi connectivity index (χ2v) is 3.75. The van der Waals surface area contributed by atoms with E-state index in [-0.39, 0.29) is 0 Å². The third-order valence-electron chi connectivity index (χ3n) is 2.90. The van der Waals surface area contributed by atoms with Crippen molar-refractivity contribution in [1.29, 1.82) is 0 Å². The molecule has 3 heteroatoms. The number of rotatable bonds is 1. The molecule has 1 aromatic heterocycles. The summed E-state index contributed by atoms with van der Waals surface area (Å²) in [6.45, 7) is 0. The van der Waals surface area contributed by atoms with E-state index in [2.05, 4.69) is 5.43 Å². The molecule has 0 saturated carbocycles. The Labute approximate surface area is 92.9 Å². The van der Waals surface area contributed by atoms with Crippen molar-refractivity contribution >= 4 is 21.8 Å². The standard InChI is InChI=1S/C13H12N2O/c1-14-15-10-6-3-2-5-9(10)13-11(15)7-4-8-12(13)16/h2-8,14,16H,1H3. The van der Waals surface area contributed by atoms with Crippen molar-refractivity contribution in [3.8, 4) is 5.75 Å². The lowest BCUT2D eigenvalue weighted by Crippen LogP contribution is -2.07. The Balaban J connectivity index is 2.64. The van der Waals surface area contributed by atoms with Crippen molar-refractivity contribution in [2.75, 3.05) is 12.5 Å². The normalized spacial score (nSPS) is 11.1. The van der Waals surface area contributed by atoms with Gasteiger partial charge in [-0.3, -0.25) is 4.68 Å². The maximum Gasteiger partial charge on any atom is 0.125 e. The zero-order chi connectivity index (χ0) is 11.1. The average Bonchev–Trinajstić information content (AvgIpc) is 2.64. The number of fused-ring (bicyclic) bond motifs is 3. The second kappa shape index (κ2) is 3.17. The maximum absolute atomic E-state index is 9.94. The van der Waals surface area contributed by atoms with Gasteiger partial charge in [0.25, 0.3) is 0 Å². The number of hydrogen-bond donors (Lipinski definition) is 2. The molecule has 0 bridgehead atoms. The molecular formula is C13H12N2O. The van der Waals surface area contributed by atoms with Crippen LogP contribution in [0.1, 0.15) is 0 Å². The number of nitrogens with zero attached hydrogens (tertiary/aromatic N) is 1. The van der Waals surface area contributed by atoms with Gasteiger partial charge < -0.3 is 10.5 Å². The first-order valence-corrected chi connectivity index (χ1v) is 5.22. The van der Waals surface area contributed by atoms with Crippen LogP contribution in [0.4, 0.5) is 0 Å². The van der Waals surface area contributed by atoms with Crippen LogP contribution >= 0.6 is 0 Å². The van der Waals surface area contributed by atoms with Crippen molar-refractivity contribution < 1.29 is 5.11 Å². The molecule has 3 rings (SSSR count). The molecule has 3 aromatic rings. The van der Waals surface area contributed by atoms with Gasteiger partial charge in [0.1, 0.15) is 5.75 Å². The number of hydrogen-bond acceptors (Lipinski definition) is 2. The quantitative estimate of drug-likeness (QED) is 0.650. The van der Waals surface area contributed by atoms with E-state index in [0.717, 1.165) is 21.8 Å². The molecule has 0 saturated heterocycles. The number of aromatic hydroxyl groups is 1. The molecule has 0 unspecified atom stereocenters. The molecule has 80 valence electrons. The van der Waals surface area contributed by atoms with Gasteiger partial charge in [0.2, 0.25) is 0 Å².